The molecule has 2 unspecified atom stereocenters. The van der Waals surface area contributed by atoms with Crippen LogP contribution >= 0.6 is 0 Å². The van der Waals surface area contributed by atoms with E-state index < -0.39 is 72.2 Å². The number of carboxylic acids is 1. The fourth-order valence-corrected chi connectivity index (χ4v) is 7.19. The number of nitrogens with one attached hydrogen (secondary N) is 4. The molecule has 1 saturated carbocycles. The number of nitrogens with zero attached hydrogens (tertiary/aromatic N) is 1. The van der Waals surface area contributed by atoms with Gasteiger partial charge in [0.05, 0.1) is 11.6 Å². The fourth-order valence-electron chi connectivity index (χ4n) is 7.19. The third-order valence-electron chi connectivity index (χ3n) is 10.4. The van der Waals surface area contributed by atoms with E-state index in [1.165, 1.54) is 17.0 Å². The molecule has 0 aromatic heterocycles. The number of hydrogen-bond acceptors (Lipinski definition) is 6. The highest BCUT2D eigenvalue weighted by Crippen LogP contribution is 2.65. The maximum Gasteiger partial charge on any atom is 0.335 e. The number of carbonyl (C=O) groups is 6. The van der Waals surface area contributed by atoms with Crippen LogP contribution < -0.4 is 21.3 Å². The van der Waals surface area contributed by atoms with Gasteiger partial charge in [-0.2, -0.15) is 0 Å². The largest absolute Gasteiger partial charge is 0.478 e. The molecule has 288 valence electrons. The number of urea groups is 1. The van der Waals surface area contributed by atoms with Crippen molar-refractivity contribution in [3.8, 4) is 0 Å². The predicted octanol–water partition coefficient (Wildman–Crippen LogP) is 4.29. The summed E-state index contributed by atoms with van der Waals surface area (Å²) >= 11 is 0. The highest BCUT2D eigenvalue weighted by atomic mass is 19.3. The molecule has 2 aromatic carbocycles. The van der Waals surface area contributed by atoms with E-state index in [0.29, 0.717) is 11.1 Å². The number of Topliss-reactive ketones (excluding diaryl/α,β-unsaturated/α-hetero) is 1. The van der Waals surface area contributed by atoms with Gasteiger partial charge in [-0.3, -0.25) is 19.2 Å². The number of hydrogen-bond donors (Lipinski definition) is 5. The van der Waals surface area contributed by atoms with Gasteiger partial charge in [-0.1, -0.05) is 90.9 Å². The number of rotatable bonds is 15. The van der Waals surface area contributed by atoms with Crippen molar-refractivity contribution < 1.29 is 42.7 Å². The Hall–Kier alpha value is -4.88. The summed E-state index contributed by atoms with van der Waals surface area (Å²) in [7, 11) is 0. The number of carbonyl (C=O) groups excluding carboxylic acids is 5. The zero-order chi connectivity index (χ0) is 39.4. The van der Waals surface area contributed by atoms with Gasteiger partial charge in [-0.25, -0.2) is 18.4 Å². The number of amides is 5. The van der Waals surface area contributed by atoms with E-state index in [0.717, 1.165) is 0 Å². The van der Waals surface area contributed by atoms with Crippen LogP contribution in [0.15, 0.2) is 54.6 Å². The lowest BCUT2D eigenvalue weighted by molar-refractivity contribution is -0.144. The van der Waals surface area contributed by atoms with Gasteiger partial charge in [-0.15, -0.1) is 0 Å². The quantitative estimate of drug-likeness (QED) is 0.170. The molecular formula is C39H51F2N5O7. The molecule has 2 aliphatic rings. The number of benzene rings is 2. The van der Waals surface area contributed by atoms with Crippen molar-refractivity contribution in [2.75, 3.05) is 13.1 Å². The first-order valence-electron chi connectivity index (χ1n) is 17.9. The van der Waals surface area contributed by atoms with Gasteiger partial charge in [0.1, 0.15) is 18.1 Å². The Morgan fingerprint density at radius 1 is 0.906 bits per heavy atom. The molecule has 0 spiro atoms. The van der Waals surface area contributed by atoms with Crippen molar-refractivity contribution >= 4 is 35.5 Å². The third kappa shape index (κ3) is 9.76. The minimum atomic E-state index is -2.92. The molecular weight excluding hydrogens is 688 g/mol. The van der Waals surface area contributed by atoms with E-state index in [1.807, 2.05) is 13.8 Å². The first kappa shape index (κ1) is 40.9. The van der Waals surface area contributed by atoms with E-state index in [2.05, 4.69) is 21.3 Å². The molecule has 1 saturated heterocycles. The average molecular weight is 740 g/mol. The topological polar surface area (TPSA) is 174 Å². The van der Waals surface area contributed by atoms with Crippen LogP contribution in [0, 0.1) is 28.6 Å². The summed E-state index contributed by atoms with van der Waals surface area (Å²) < 4.78 is 27.4. The van der Waals surface area contributed by atoms with E-state index >= 15 is 0 Å². The number of carboxylic acid groups (broad SMARTS) is 1. The summed E-state index contributed by atoms with van der Waals surface area (Å²) in [4.78, 5) is 80.6. The highest BCUT2D eigenvalue weighted by molar-refractivity contribution is 6.02. The van der Waals surface area contributed by atoms with Gasteiger partial charge in [0.2, 0.25) is 24.1 Å². The van der Waals surface area contributed by atoms with Gasteiger partial charge in [0, 0.05) is 25.1 Å². The first-order chi connectivity index (χ1) is 24.7. The second kappa shape index (κ2) is 16.4. The van der Waals surface area contributed by atoms with Crippen molar-refractivity contribution in [2.45, 2.75) is 91.9 Å². The number of ketones is 1. The van der Waals surface area contributed by atoms with Crippen LogP contribution in [0.5, 0.6) is 0 Å². The van der Waals surface area contributed by atoms with Gasteiger partial charge in [0.15, 0.2) is 5.78 Å². The molecule has 53 heavy (non-hydrogen) atoms. The van der Waals surface area contributed by atoms with Gasteiger partial charge >= 0.3 is 12.0 Å². The Labute approximate surface area is 308 Å². The lowest BCUT2D eigenvalue weighted by atomic mass is 9.85. The summed E-state index contributed by atoms with van der Waals surface area (Å²) in [5.41, 5.74) is 0.0557. The first-order valence-corrected chi connectivity index (χ1v) is 17.9. The average Bonchev–Trinajstić information content (AvgIpc) is 3.38. The zero-order valence-electron chi connectivity index (χ0n) is 31.2. The number of likely N-dealkylation sites (tertiary alicyclic amines) is 1. The third-order valence-corrected chi connectivity index (χ3v) is 10.4. The molecule has 12 nitrogen and oxygen atoms in total. The van der Waals surface area contributed by atoms with Crippen LogP contribution in [0.4, 0.5) is 13.6 Å². The van der Waals surface area contributed by atoms with Crippen molar-refractivity contribution in [1.29, 1.82) is 0 Å². The summed E-state index contributed by atoms with van der Waals surface area (Å²) in [5, 5.41) is 19.6. The Morgan fingerprint density at radius 2 is 1.53 bits per heavy atom. The van der Waals surface area contributed by atoms with E-state index in [1.54, 1.807) is 77.1 Å². The zero-order valence-corrected chi connectivity index (χ0v) is 31.2. The SMILES string of the molecule is CC(C)[C@H](NC(=O)N[C@H](C(=O)N1CC2C([C@H]1C(=O)N[C@@H](CC(F)F)C(=O)NCCc1ccc(C(=O)O)cc1)C2(C)C)C(C)(C)C)C(=O)c1ccccc1. The summed E-state index contributed by atoms with van der Waals surface area (Å²) in [5.74, 6) is -4.13. The van der Waals surface area contributed by atoms with E-state index in [9.17, 15) is 37.5 Å². The molecule has 14 heteroatoms. The van der Waals surface area contributed by atoms with Gasteiger partial charge < -0.3 is 31.3 Å². The van der Waals surface area contributed by atoms with Crippen molar-refractivity contribution in [3.05, 3.63) is 71.3 Å². The standard InChI is InChI=1S/C39H51F2N5O7/c1-21(2)29(31(47)23-11-9-8-10-12-23)44-37(53)45-32(38(3,4)5)35(50)46-20-25-28(39(25,6)7)30(46)34(49)43-26(19-27(40)41)33(48)42-18-17-22-13-15-24(16-14-22)36(51)52/h8-16,21,25-30,32H,17-20H2,1-7H3,(H,42,48)(H,43,49)(H,51,52)(H2,44,45,53)/t25?,26-,28?,29-,30-,32+/m0/s1. The summed E-state index contributed by atoms with van der Waals surface area (Å²) in [6.07, 6.45) is -3.58. The molecule has 0 bridgehead atoms. The van der Waals surface area contributed by atoms with E-state index in [4.69, 9.17) is 5.11 Å². The molecule has 0 radical (unpaired) electrons. The molecule has 1 aliphatic carbocycles. The number of fused-ring (bicyclic) bond motifs is 1. The second-order valence-corrected chi connectivity index (χ2v) is 16.0. The molecule has 6 atom stereocenters. The smallest absolute Gasteiger partial charge is 0.335 e. The highest BCUT2D eigenvalue weighted by Gasteiger charge is 2.70. The summed E-state index contributed by atoms with van der Waals surface area (Å²) in [6, 6.07) is 9.12. The van der Waals surface area contributed by atoms with Crippen LogP contribution in [0.3, 0.4) is 0 Å². The normalized spacial score (nSPS) is 20.5. The van der Waals surface area contributed by atoms with Gasteiger partial charge in [-0.05, 0) is 52.7 Å². The van der Waals surface area contributed by atoms with Gasteiger partial charge in [0.25, 0.3) is 0 Å². The minimum Gasteiger partial charge on any atom is -0.478 e. The molecule has 4 rings (SSSR count). The maximum atomic E-state index is 14.3. The van der Waals surface area contributed by atoms with Crippen molar-refractivity contribution in [1.82, 2.24) is 26.2 Å². The monoisotopic (exact) mass is 739 g/mol. The lowest BCUT2D eigenvalue weighted by Crippen LogP contribution is -2.62. The van der Waals surface area contributed by atoms with Crippen LogP contribution in [0.1, 0.15) is 81.2 Å². The Kier molecular flexibility index (Phi) is 12.7. The molecule has 2 aromatic rings. The Bertz CT molecular complexity index is 1680. The van der Waals surface area contributed by atoms with E-state index in [-0.39, 0.29) is 54.0 Å². The second-order valence-electron chi connectivity index (χ2n) is 16.0. The molecule has 1 aliphatic heterocycles. The fraction of sp³-hybridized carbons (Fsp3) is 0.538. The number of aromatic carboxylic acids is 1. The maximum absolute atomic E-state index is 14.3. The van der Waals surface area contributed by atoms with Crippen LogP contribution in [0.25, 0.3) is 0 Å². The summed E-state index contributed by atoms with van der Waals surface area (Å²) in [6.45, 7) is 13.0. The molecule has 1 heterocycles. The minimum absolute atomic E-state index is 0.0439. The van der Waals surface area contributed by atoms with Crippen molar-refractivity contribution in [2.24, 2.45) is 28.6 Å². The molecule has 2 fully saturated rings. The van der Waals surface area contributed by atoms with Crippen LogP contribution in [-0.2, 0) is 20.8 Å². The lowest BCUT2D eigenvalue weighted by Gasteiger charge is -2.38. The van der Waals surface area contributed by atoms with Crippen LogP contribution in [0.2, 0.25) is 0 Å². The molecule has 5 N–H and O–H groups in total. The molecule has 5 amide bonds. The predicted molar refractivity (Wildman–Crippen MR) is 193 cm³/mol. The van der Waals surface area contributed by atoms with Crippen molar-refractivity contribution in [3.63, 3.8) is 0 Å². The number of piperidine rings is 1. The van der Waals surface area contributed by atoms with Crippen LogP contribution in [-0.4, -0.2) is 89.2 Å². The Balaban J connectivity index is 1.48. The number of halogens is 2. The Morgan fingerprint density at radius 3 is 2.08 bits per heavy atom. The number of alkyl halides is 2.